The number of rotatable bonds is 6. The summed E-state index contributed by atoms with van der Waals surface area (Å²) in [6.45, 7) is 1.58. The molecule has 0 unspecified atom stereocenters. The van der Waals surface area contributed by atoms with Crippen molar-refractivity contribution in [3.63, 3.8) is 0 Å². The summed E-state index contributed by atoms with van der Waals surface area (Å²) >= 11 is 0. The van der Waals surface area contributed by atoms with Crippen molar-refractivity contribution in [2.24, 2.45) is 0 Å². The molecule has 0 spiro atoms. The Kier molecular flexibility index (Phi) is 9.21. The van der Waals surface area contributed by atoms with E-state index in [9.17, 15) is 41.4 Å². The summed E-state index contributed by atoms with van der Waals surface area (Å²) in [4.78, 5) is 41.0. The van der Waals surface area contributed by atoms with Crippen LogP contribution in [-0.2, 0) is 22.2 Å². The van der Waals surface area contributed by atoms with Crippen LogP contribution in [0.4, 0.5) is 30.7 Å². The molecule has 2 atom stereocenters. The number of pyridine rings is 1. The Labute approximate surface area is 286 Å². The van der Waals surface area contributed by atoms with E-state index in [2.05, 4.69) is 5.32 Å². The molecule has 1 fully saturated rings. The first-order valence-corrected chi connectivity index (χ1v) is 15.7. The van der Waals surface area contributed by atoms with Gasteiger partial charge in [-0.2, -0.15) is 13.2 Å². The number of hydrogen-bond donors (Lipinski definition) is 2. The molecule has 6 rings (SSSR count). The highest BCUT2D eigenvalue weighted by Gasteiger charge is 2.44. The van der Waals surface area contributed by atoms with Crippen LogP contribution in [0.25, 0.3) is 11.1 Å². The lowest BCUT2D eigenvalue weighted by atomic mass is 9.92. The highest BCUT2D eigenvalue weighted by Crippen LogP contribution is 2.41. The molecule has 3 heterocycles. The van der Waals surface area contributed by atoms with Crippen molar-refractivity contribution in [3.05, 3.63) is 116 Å². The molecule has 3 aromatic carbocycles. The summed E-state index contributed by atoms with van der Waals surface area (Å²) in [7, 11) is 0. The van der Waals surface area contributed by atoms with Crippen LogP contribution in [0.3, 0.4) is 0 Å². The van der Waals surface area contributed by atoms with E-state index in [1.165, 1.54) is 30.0 Å². The minimum Gasteiger partial charge on any atom is -0.481 e. The third kappa shape index (κ3) is 7.20. The number of aliphatic carboxylic acids is 1. The zero-order chi connectivity index (χ0) is 37.0. The van der Waals surface area contributed by atoms with E-state index in [1.54, 1.807) is 25.1 Å². The molecule has 268 valence electrons. The number of aryl methyl sites for hydroxylation is 2. The number of alkyl halides is 5. The van der Waals surface area contributed by atoms with Crippen LogP contribution in [-0.4, -0.2) is 52.0 Å². The summed E-state index contributed by atoms with van der Waals surface area (Å²) in [6.07, 6.45) is -5.68. The zero-order valence-corrected chi connectivity index (χ0v) is 27.1. The molecule has 0 aliphatic carbocycles. The Morgan fingerprint density at radius 3 is 2.39 bits per heavy atom. The first-order chi connectivity index (χ1) is 23.9. The molecule has 4 bridgehead atoms. The number of likely N-dealkylation sites (tertiary alicyclic amines) is 1. The van der Waals surface area contributed by atoms with Crippen molar-refractivity contribution in [1.82, 2.24) is 14.8 Å². The second-order valence-electron chi connectivity index (χ2n) is 12.8. The second kappa shape index (κ2) is 13.2. The van der Waals surface area contributed by atoms with Crippen LogP contribution in [0.15, 0.2) is 65.6 Å². The maximum Gasteiger partial charge on any atom is 0.416 e. The fourth-order valence-electron chi connectivity index (χ4n) is 6.60. The summed E-state index contributed by atoms with van der Waals surface area (Å²) in [5.74, 6) is -7.44. The van der Waals surface area contributed by atoms with Gasteiger partial charge in [0.25, 0.3) is 11.5 Å². The van der Waals surface area contributed by atoms with Crippen molar-refractivity contribution in [2.75, 3.05) is 19.6 Å². The van der Waals surface area contributed by atoms with Gasteiger partial charge in [-0.25, -0.2) is 17.6 Å². The van der Waals surface area contributed by atoms with Gasteiger partial charge in [-0.3, -0.25) is 23.9 Å². The Hall–Kier alpha value is -5.18. The number of nitrogens with one attached hydrogen (secondary N) is 1. The predicted molar refractivity (Wildman–Crippen MR) is 170 cm³/mol. The van der Waals surface area contributed by atoms with Crippen molar-refractivity contribution < 1.29 is 50.2 Å². The number of carboxylic acids is 1. The lowest BCUT2D eigenvalue weighted by molar-refractivity contribution is -0.139. The zero-order valence-electron chi connectivity index (χ0n) is 27.1. The largest absolute Gasteiger partial charge is 0.481 e. The molecule has 2 aliphatic rings. The summed E-state index contributed by atoms with van der Waals surface area (Å²) in [5, 5.41) is 12.2. The van der Waals surface area contributed by atoms with Crippen LogP contribution in [0.5, 0.6) is 11.5 Å². The maximum atomic E-state index is 15.9. The van der Waals surface area contributed by atoms with E-state index in [0.29, 0.717) is 27.5 Å². The van der Waals surface area contributed by atoms with Crippen LogP contribution in [0.1, 0.15) is 51.9 Å². The number of hydrogen-bond acceptors (Lipinski definition) is 5. The van der Waals surface area contributed by atoms with Crippen LogP contribution < -0.4 is 15.6 Å². The molecule has 0 saturated carbocycles. The van der Waals surface area contributed by atoms with E-state index in [-0.39, 0.29) is 35.2 Å². The fraction of sp³-hybridized carbons (Fsp3) is 0.306. The average Bonchev–Trinajstić information content (AvgIpc) is 3.02. The van der Waals surface area contributed by atoms with Crippen molar-refractivity contribution in [1.29, 1.82) is 0 Å². The lowest BCUT2D eigenvalue weighted by Crippen LogP contribution is -2.56. The summed E-state index contributed by atoms with van der Waals surface area (Å²) < 4.78 is 108. The molecule has 0 radical (unpaired) electrons. The number of carboxylic acid groups (broad SMARTS) is 1. The minimum atomic E-state index is -5.06. The van der Waals surface area contributed by atoms with Crippen molar-refractivity contribution in [2.45, 2.75) is 50.9 Å². The van der Waals surface area contributed by atoms with Crippen LogP contribution in [0, 0.1) is 25.5 Å². The number of carbonyl (C=O) groups is 2. The molecular formula is C36H30F7N3O5. The number of carbonyl (C=O) groups excluding carboxylic acids is 1. The van der Waals surface area contributed by atoms with Crippen LogP contribution in [0.2, 0.25) is 0 Å². The van der Waals surface area contributed by atoms with E-state index >= 15 is 8.78 Å². The van der Waals surface area contributed by atoms with Gasteiger partial charge in [0.15, 0.2) is 0 Å². The minimum absolute atomic E-state index is 0.0321. The van der Waals surface area contributed by atoms with E-state index < -0.39 is 95.9 Å². The van der Waals surface area contributed by atoms with Gasteiger partial charge in [-0.05, 0) is 78.9 Å². The van der Waals surface area contributed by atoms with E-state index in [4.69, 9.17) is 4.74 Å². The number of ether oxygens (including phenoxy) is 1. The molecule has 2 N–H and O–H groups in total. The Balaban J connectivity index is 1.57. The molecule has 1 amide bonds. The topological polar surface area (TPSA) is 101 Å². The summed E-state index contributed by atoms with van der Waals surface area (Å²) in [5.41, 5.74) is -2.44. The van der Waals surface area contributed by atoms with Gasteiger partial charge < -0.3 is 15.2 Å². The Morgan fingerprint density at radius 1 is 1.00 bits per heavy atom. The van der Waals surface area contributed by atoms with Crippen molar-refractivity contribution in [3.8, 4) is 22.6 Å². The fourth-order valence-corrected chi connectivity index (χ4v) is 6.60. The molecular weight excluding hydrogens is 687 g/mol. The standard InChI is InChI=1S/C36H30F7N3O5/c1-18-4-3-5-28-31(18)21-10-19(2)32(38)24(11-21)27(14-30(48)49)44-34(50)33(23-12-22(51-28)6-7-26(23)37)46-15-20(8-9-45-16-35(39,40)17-45)25(13-29(46)47)36(41,42)43/h3-7,10-13,15,27,33H,8-9,14,16-17H2,1-2H3,(H,44,50)(H,48,49)/t27-,33+/m0/s1. The number of halogens is 7. The maximum absolute atomic E-state index is 15.9. The molecule has 8 nitrogen and oxygen atoms in total. The Bertz CT molecular complexity index is 2110. The van der Waals surface area contributed by atoms with Crippen molar-refractivity contribution >= 4 is 11.9 Å². The normalized spacial score (nSPS) is 18.6. The quantitative estimate of drug-likeness (QED) is 0.210. The molecule has 15 heteroatoms. The average molecular weight is 718 g/mol. The predicted octanol–water partition coefficient (Wildman–Crippen LogP) is 6.95. The number of fused-ring (bicyclic) bond motifs is 6. The molecule has 2 aliphatic heterocycles. The first kappa shape index (κ1) is 35.6. The monoisotopic (exact) mass is 717 g/mol. The van der Waals surface area contributed by atoms with Gasteiger partial charge in [0, 0.05) is 35.5 Å². The third-order valence-electron chi connectivity index (χ3n) is 8.97. The van der Waals surface area contributed by atoms with Gasteiger partial charge in [-0.15, -0.1) is 0 Å². The molecule has 1 saturated heterocycles. The first-order valence-electron chi connectivity index (χ1n) is 15.7. The SMILES string of the molecule is Cc1cc2cc(c1F)[C@H](CC(=O)O)NC(=O)[C@H](n1cc(CCN3CC(F)(F)C3)c(C(F)(F)F)cc1=O)c1cc(ccc1F)Oc1cccc(C)c1-2. The smallest absolute Gasteiger partial charge is 0.416 e. The van der Waals surface area contributed by atoms with Gasteiger partial charge in [0.2, 0.25) is 5.91 Å². The van der Waals surface area contributed by atoms with E-state index in [0.717, 1.165) is 12.1 Å². The van der Waals surface area contributed by atoms with Gasteiger partial charge >= 0.3 is 12.1 Å². The molecule has 1 aromatic heterocycles. The van der Waals surface area contributed by atoms with Gasteiger partial charge in [0.05, 0.1) is 31.1 Å². The molecule has 4 aromatic rings. The highest BCUT2D eigenvalue weighted by atomic mass is 19.4. The second-order valence-corrected chi connectivity index (χ2v) is 12.8. The van der Waals surface area contributed by atoms with Crippen LogP contribution >= 0.6 is 0 Å². The summed E-state index contributed by atoms with van der Waals surface area (Å²) in [6, 6.07) is 7.66. The van der Waals surface area contributed by atoms with Gasteiger partial charge in [0.1, 0.15) is 29.2 Å². The van der Waals surface area contributed by atoms with E-state index in [1.807, 2.05) is 0 Å². The third-order valence-corrected chi connectivity index (χ3v) is 8.97. The lowest BCUT2D eigenvalue weighted by Gasteiger charge is -2.38. The Morgan fingerprint density at radius 2 is 1.73 bits per heavy atom. The number of nitrogens with zero attached hydrogens (tertiary/aromatic N) is 2. The number of amides is 1. The van der Waals surface area contributed by atoms with Gasteiger partial charge in [-0.1, -0.05) is 12.1 Å². The molecule has 51 heavy (non-hydrogen) atoms. The highest BCUT2D eigenvalue weighted by molar-refractivity contribution is 5.85. The number of benzene rings is 3. The number of aromatic nitrogens is 1.